The molecule has 0 aliphatic heterocycles. The van der Waals surface area contributed by atoms with Crippen LogP contribution in [0.15, 0.2) is 73.1 Å². The lowest BCUT2D eigenvalue weighted by atomic mass is 9.87. The first-order valence-electron chi connectivity index (χ1n) is 10.7. The number of halogens is 1. The Kier molecular flexibility index (Phi) is 6.41. The number of fused-ring (bicyclic) bond motifs is 1. The van der Waals surface area contributed by atoms with Crippen LogP contribution in [0.3, 0.4) is 0 Å². The molecule has 4 aromatic rings. The minimum atomic E-state index is -0.299. The highest BCUT2D eigenvalue weighted by Gasteiger charge is 2.22. The van der Waals surface area contributed by atoms with Gasteiger partial charge in [-0.1, -0.05) is 43.3 Å². The molecule has 2 aromatic heterocycles. The van der Waals surface area contributed by atoms with Gasteiger partial charge in [0.2, 0.25) is 5.91 Å². The number of aromatic amines is 1. The van der Waals surface area contributed by atoms with Crippen LogP contribution >= 0.6 is 0 Å². The van der Waals surface area contributed by atoms with Crippen LogP contribution < -0.4 is 5.32 Å². The molecule has 4 rings (SSSR count). The summed E-state index contributed by atoms with van der Waals surface area (Å²) in [6, 6.07) is 18.5. The highest BCUT2D eigenvalue weighted by Crippen LogP contribution is 2.34. The Labute approximate surface area is 181 Å². The lowest BCUT2D eigenvalue weighted by molar-refractivity contribution is -0.121. The van der Waals surface area contributed by atoms with Crippen molar-refractivity contribution in [3.05, 3.63) is 101 Å². The fraction of sp³-hybridized carbons (Fsp3) is 0.231. The highest BCUT2D eigenvalue weighted by molar-refractivity contribution is 5.88. The smallest absolute Gasteiger partial charge is 0.220 e. The lowest BCUT2D eigenvalue weighted by Crippen LogP contribution is -2.27. The van der Waals surface area contributed by atoms with Crippen LogP contribution in [0.25, 0.3) is 10.9 Å². The Morgan fingerprint density at radius 3 is 2.77 bits per heavy atom. The second-order valence-electron chi connectivity index (χ2n) is 7.67. The number of pyridine rings is 1. The van der Waals surface area contributed by atoms with Crippen molar-refractivity contribution in [2.75, 3.05) is 6.54 Å². The zero-order valence-electron chi connectivity index (χ0n) is 17.6. The molecule has 0 radical (unpaired) electrons. The number of benzene rings is 2. The molecule has 0 bridgehead atoms. The molecule has 0 aliphatic carbocycles. The molecule has 2 N–H and O–H groups in total. The van der Waals surface area contributed by atoms with E-state index in [1.54, 1.807) is 12.3 Å². The Bertz CT molecular complexity index is 1170. The summed E-state index contributed by atoms with van der Waals surface area (Å²) in [6.07, 6.45) is 5.54. The molecular weight excluding hydrogens is 389 g/mol. The predicted molar refractivity (Wildman–Crippen MR) is 121 cm³/mol. The van der Waals surface area contributed by atoms with Crippen molar-refractivity contribution >= 4 is 16.8 Å². The van der Waals surface area contributed by atoms with E-state index >= 15 is 0 Å². The molecule has 4 nitrogen and oxygen atoms in total. The quantitative estimate of drug-likeness (QED) is 0.418. The van der Waals surface area contributed by atoms with E-state index in [1.807, 2.05) is 36.5 Å². The fourth-order valence-corrected chi connectivity index (χ4v) is 4.09. The fourth-order valence-electron chi connectivity index (χ4n) is 4.09. The molecule has 5 heteroatoms. The van der Waals surface area contributed by atoms with E-state index in [2.05, 4.69) is 34.3 Å². The van der Waals surface area contributed by atoms with E-state index in [4.69, 9.17) is 0 Å². The molecule has 0 spiro atoms. The van der Waals surface area contributed by atoms with Gasteiger partial charge in [0.1, 0.15) is 5.82 Å². The van der Waals surface area contributed by atoms with E-state index in [0.717, 1.165) is 34.1 Å². The molecule has 0 fully saturated rings. The number of nitrogens with zero attached hydrogens (tertiary/aromatic N) is 1. The Hall–Kier alpha value is -3.47. The normalized spacial score (nSPS) is 12.1. The van der Waals surface area contributed by atoms with Crippen LogP contribution in [-0.2, 0) is 17.6 Å². The van der Waals surface area contributed by atoms with E-state index in [9.17, 15) is 9.18 Å². The molecular formula is C26H26FN3O. The second kappa shape index (κ2) is 9.56. The van der Waals surface area contributed by atoms with Crippen LogP contribution in [0.5, 0.6) is 0 Å². The van der Waals surface area contributed by atoms with E-state index in [1.165, 1.54) is 17.7 Å². The van der Waals surface area contributed by atoms with E-state index < -0.39 is 0 Å². The van der Waals surface area contributed by atoms with E-state index in [-0.39, 0.29) is 24.1 Å². The Balaban J connectivity index is 1.58. The third kappa shape index (κ3) is 4.82. The van der Waals surface area contributed by atoms with Gasteiger partial charge in [0.15, 0.2) is 0 Å². The van der Waals surface area contributed by atoms with Gasteiger partial charge in [0.25, 0.3) is 0 Å². The summed E-state index contributed by atoms with van der Waals surface area (Å²) < 4.78 is 14.0. The van der Waals surface area contributed by atoms with Crippen LogP contribution in [0.1, 0.15) is 41.6 Å². The van der Waals surface area contributed by atoms with Gasteiger partial charge >= 0.3 is 0 Å². The SMILES string of the molecule is CCc1cccc2c(C(CC(=O)NCCc3ccccn3)c3cccc(F)c3)c[nH]c12. The number of carbonyl (C=O) groups excluding carboxylic acids is 1. The number of aromatic nitrogens is 2. The summed E-state index contributed by atoms with van der Waals surface area (Å²) >= 11 is 0. The number of aryl methyl sites for hydroxylation is 1. The van der Waals surface area contributed by atoms with Gasteiger partial charge in [-0.15, -0.1) is 0 Å². The highest BCUT2D eigenvalue weighted by atomic mass is 19.1. The number of carbonyl (C=O) groups is 1. The van der Waals surface area contributed by atoms with Crippen molar-refractivity contribution in [3.63, 3.8) is 0 Å². The molecule has 158 valence electrons. The van der Waals surface area contributed by atoms with Crippen LogP contribution in [0.4, 0.5) is 4.39 Å². The number of hydrogen-bond donors (Lipinski definition) is 2. The molecule has 1 amide bonds. The number of para-hydroxylation sites is 1. The molecule has 2 heterocycles. The summed E-state index contributed by atoms with van der Waals surface area (Å²) in [5, 5.41) is 4.07. The topological polar surface area (TPSA) is 57.8 Å². The first kappa shape index (κ1) is 20.8. The summed E-state index contributed by atoms with van der Waals surface area (Å²) in [5.41, 5.74) is 5.05. The number of amides is 1. The monoisotopic (exact) mass is 415 g/mol. The Morgan fingerprint density at radius 1 is 1.13 bits per heavy atom. The minimum absolute atomic E-state index is 0.0637. The first-order valence-corrected chi connectivity index (χ1v) is 10.7. The molecule has 0 saturated heterocycles. The summed E-state index contributed by atoms with van der Waals surface area (Å²) in [6.45, 7) is 2.63. The minimum Gasteiger partial charge on any atom is -0.361 e. The molecule has 1 unspecified atom stereocenters. The number of nitrogens with one attached hydrogen (secondary N) is 2. The molecule has 2 aromatic carbocycles. The average molecular weight is 416 g/mol. The molecule has 0 aliphatic rings. The number of rotatable bonds is 8. The third-order valence-electron chi connectivity index (χ3n) is 5.66. The zero-order chi connectivity index (χ0) is 21.6. The standard InChI is InChI=1S/C26H26FN3O/c1-2-18-7-6-11-22-24(17-30-26(18)22)23(19-8-5-9-20(27)15-19)16-25(31)29-14-12-21-10-3-4-13-28-21/h3-11,13,15,17,23,30H,2,12,14,16H2,1H3,(H,29,31). The first-order chi connectivity index (χ1) is 15.2. The van der Waals surface area contributed by atoms with Crippen molar-refractivity contribution in [2.45, 2.75) is 32.1 Å². The maximum atomic E-state index is 14.0. The van der Waals surface area contributed by atoms with Crippen LogP contribution in [-0.4, -0.2) is 22.4 Å². The van der Waals surface area contributed by atoms with Gasteiger partial charge in [-0.3, -0.25) is 9.78 Å². The number of hydrogen-bond acceptors (Lipinski definition) is 2. The summed E-state index contributed by atoms with van der Waals surface area (Å²) in [7, 11) is 0. The predicted octanol–water partition coefficient (Wildman–Crippen LogP) is 5.15. The van der Waals surface area contributed by atoms with Crippen molar-refractivity contribution in [2.24, 2.45) is 0 Å². The number of H-pyrrole nitrogens is 1. The van der Waals surface area contributed by atoms with E-state index in [0.29, 0.717) is 13.0 Å². The van der Waals surface area contributed by atoms with Gasteiger partial charge in [0.05, 0.1) is 0 Å². The van der Waals surface area contributed by atoms with Gasteiger partial charge in [-0.05, 0) is 47.4 Å². The lowest BCUT2D eigenvalue weighted by Gasteiger charge is -2.17. The van der Waals surface area contributed by atoms with Gasteiger partial charge in [-0.2, -0.15) is 0 Å². The Morgan fingerprint density at radius 2 is 2.00 bits per heavy atom. The second-order valence-corrected chi connectivity index (χ2v) is 7.67. The van der Waals surface area contributed by atoms with Crippen LogP contribution in [0.2, 0.25) is 0 Å². The van der Waals surface area contributed by atoms with Gasteiger partial charge in [-0.25, -0.2) is 4.39 Å². The third-order valence-corrected chi connectivity index (χ3v) is 5.66. The zero-order valence-corrected chi connectivity index (χ0v) is 17.6. The summed E-state index contributed by atoms with van der Waals surface area (Å²) in [5.74, 6) is -0.607. The molecule has 31 heavy (non-hydrogen) atoms. The molecule has 0 saturated carbocycles. The maximum absolute atomic E-state index is 14.0. The van der Waals surface area contributed by atoms with Crippen molar-refractivity contribution in [1.82, 2.24) is 15.3 Å². The van der Waals surface area contributed by atoms with Crippen molar-refractivity contribution in [3.8, 4) is 0 Å². The van der Waals surface area contributed by atoms with Crippen molar-refractivity contribution in [1.29, 1.82) is 0 Å². The van der Waals surface area contributed by atoms with Gasteiger partial charge in [0, 0.05) is 54.3 Å². The van der Waals surface area contributed by atoms with Crippen molar-refractivity contribution < 1.29 is 9.18 Å². The summed E-state index contributed by atoms with van der Waals surface area (Å²) in [4.78, 5) is 20.5. The largest absolute Gasteiger partial charge is 0.361 e. The maximum Gasteiger partial charge on any atom is 0.220 e. The average Bonchev–Trinajstić information content (AvgIpc) is 3.22. The van der Waals surface area contributed by atoms with Gasteiger partial charge < -0.3 is 10.3 Å². The van der Waals surface area contributed by atoms with Crippen LogP contribution in [0, 0.1) is 5.82 Å². The molecule has 1 atom stereocenters.